The number of alkyl halides is 3. The molecule has 0 radical (unpaired) electrons. The zero-order chi connectivity index (χ0) is 21.1. The molecule has 30 heavy (non-hydrogen) atoms. The number of pyridine rings is 1. The van der Waals surface area contributed by atoms with Gasteiger partial charge in [-0.05, 0) is 49.2 Å². The summed E-state index contributed by atoms with van der Waals surface area (Å²) in [5.74, 6) is -0.375. The highest BCUT2D eigenvalue weighted by molar-refractivity contribution is 5.52. The lowest BCUT2D eigenvalue weighted by atomic mass is 9.93. The SMILES string of the molecule is COc1ccc(CN2CCC[C@H](c3ccc(-c4noc(C(F)(F)F)n4)cn3)C2)cc1. The van der Waals surface area contributed by atoms with Gasteiger partial charge in [-0.3, -0.25) is 9.88 Å². The van der Waals surface area contributed by atoms with E-state index in [2.05, 4.69) is 36.7 Å². The predicted octanol–water partition coefficient (Wildman–Crippen LogP) is 4.54. The molecule has 1 aliphatic heterocycles. The Balaban J connectivity index is 1.41. The van der Waals surface area contributed by atoms with E-state index in [9.17, 15) is 13.2 Å². The fourth-order valence-corrected chi connectivity index (χ4v) is 3.66. The van der Waals surface area contributed by atoms with E-state index in [1.54, 1.807) is 13.2 Å². The molecule has 0 saturated carbocycles. The van der Waals surface area contributed by atoms with Gasteiger partial charge in [0, 0.05) is 36.5 Å². The number of piperidine rings is 1. The Hall–Kier alpha value is -2.94. The van der Waals surface area contributed by atoms with Crippen molar-refractivity contribution in [1.82, 2.24) is 20.0 Å². The van der Waals surface area contributed by atoms with Crippen LogP contribution >= 0.6 is 0 Å². The summed E-state index contributed by atoms with van der Waals surface area (Å²) in [6.07, 6.45) is -1.08. The molecule has 1 aliphatic rings. The maximum Gasteiger partial charge on any atom is 0.471 e. The summed E-state index contributed by atoms with van der Waals surface area (Å²) in [7, 11) is 1.65. The first-order chi connectivity index (χ1) is 14.4. The fourth-order valence-electron chi connectivity index (χ4n) is 3.66. The Labute approximate surface area is 171 Å². The van der Waals surface area contributed by atoms with E-state index in [1.165, 1.54) is 11.8 Å². The normalized spacial score (nSPS) is 17.8. The lowest BCUT2D eigenvalue weighted by molar-refractivity contribution is -0.159. The van der Waals surface area contributed by atoms with Crippen LogP contribution < -0.4 is 4.74 Å². The van der Waals surface area contributed by atoms with Crippen LogP contribution in [0.1, 0.15) is 35.9 Å². The summed E-state index contributed by atoms with van der Waals surface area (Å²) in [5.41, 5.74) is 2.53. The molecule has 158 valence electrons. The van der Waals surface area contributed by atoms with Crippen molar-refractivity contribution in [2.45, 2.75) is 31.5 Å². The Morgan fingerprint density at radius 2 is 1.97 bits per heavy atom. The number of ether oxygens (including phenoxy) is 1. The quantitative estimate of drug-likeness (QED) is 0.606. The Bertz CT molecular complexity index is 971. The molecule has 0 amide bonds. The molecule has 1 aromatic carbocycles. The van der Waals surface area contributed by atoms with E-state index in [-0.39, 0.29) is 11.7 Å². The maximum atomic E-state index is 12.6. The fraction of sp³-hybridized carbons (Fsp3) is 0.381. The van der Waals surface area contributed by atoms with E-state index in [4.69, 9.17) is 4.74 Å². The summed E-state index contributed by atoms with van der Waals surface area (Å²) < 4.78 is 47.4. The van der Waals surface area contributed by atoms with Crippen LogP contribution in [-0.2, 0) is 12.7 Å². The molecular formula is C21H21F3N4O2. The van der Waals surface area contributed by atoms with Gasteiger partial charge in [0.2, 0.25) is 5.82 Å². The smallest absolute Gasteiger partial charge is 0.471 e. The summed E-state index contributed by atoms with van der Waals surface area (Å²) in [4.78, 5) is 10.3. The molecule has 2 aromatic heterocycles. The van der Waals surface area contributed by atoms with Gasteiger partial charge in [0.15, 0.2) is 0 Å². The number of aromatic nitrogens is 3. The monoisotopic (exact) mass is 418 g/mol. The largest absolute Gasteiger partial charge is 0.497 e. The molecular weight excluding hydrogens is 397 g/mol. The molecule has 1 saturated heterocycles. The van der Waals surface area contributed by atoms with Crippen molar-refractivity contribution >= 4 is 0 Å². The van der Waals surface area contributed by atoms with E-state index >= 15 is 0 Å². The number of hydrogen-bond acceptors (Lipinski definition) is 6. The first-order valence-corrected chi connectivity index (χ1v) is 9.65. The first kappa shape index (κ1) is 20.3. The lowest BCUT2D eigenvalue weighted by Crippen LogP contribution is -2.34. The van der Waals surface area contributed by atoms with E-state index in [1.807, 2.05) is 18.2 Å². The second kappa shape index (κ2) is 8.43. The van der Waals surface area contributed by atoms with Crippen LogP contribution in [0.5, 0.6) is 5.75 Å². The van der Waals surface area contributed by atoms with Gasteiger partial charge in [-0.1, -0.05) is 17.3 Å². The molecule has 1 fully saturated rings. The second-order valence-corrected chi connectivity index (χ2v) is 7.31. The van der Waals surface area contributed by atoms with Crippen LogP contribution in [0.25, 0.3) is 11.4 Å². The van der Waals surface area contributed by atoms with Crippen molar-refractivity contribution in [3.8, 4) is 17.1 Å². The van der Waals surface area contributed by atoms with Crippen LogP contribution in [0.2, 0.25) is 0 Å². The van der Waals surface area contributed by atoms with Gasteiger partial charge >= 0.3 is 12.1 Å². The van der Waals surface area contributed by atoms with Crippen molar-refractivity contribution in [2.24, 2.45) is 0 Å². The highest BCUT2D eigenvalue weighted by Gasteiger charge is 2.38. The lowest BCUT2D eigenvalue weighted by Gasteiger charge is -2.32. The van der Waals surface area contributed by atoms with Gasteiger partial charge in [0.05, 0.1) is 7.11 Å². The molecule has 0 spiro atoms. The van der Waals surface area contributed by atoms with Gasteiger partial charge < -0.3 is 9.26 Å². The average Bonchev–Trinajstić information content (AvgIpc) is 3.26. The summed E-state index contributed by atoms with van der Waals surface area (Å²) in [6, 6.07) is 11.6. The van der Waals surface area contributed by atoms with Crippen LogP contribution in [0, 0.1) is 0 Å². The standard InChI is InChI=1S/C21H21F3N4O2/c1-29-17-7-4-14(5-8-17)12-28-10-2-3-16(13-28)18-9-6-15(11-25-18)19-26-20(30-27-19)21(22,23)24/h4-9,11,16H,2-3,10,12-13H2,1H3/t16-/m0/s1. The molecule has 6 nitrogen and oxygen atoms in total. The molecule has 4 rings (SSSR count). The van der Waals surface area contributed by atoms with Crippen molar-refractivity contribution in [1.29, 1.82) is 0 Å². The summed E-state index contributed by atoms with van der Waals surface area (Å²) in [6.45, 7) is 2.74. The van der Waals surface area contributed by atoms with Crippen molar-refractivity contribution in [3.05, 3.63) is 59.7 Å². The highest BCUT2D eigenvalue weighted by Crippen LogP contribution is 2.30. The van der Waals surface area contributed by atoms with Crippen molar-refractivity contribution < 1.29 is 22.4 Å². The minimum Gasteiger partial charge on any atom is -0.497 e. The Morgan fingerprint density at radius 3 is 2.60 bits per heavy atom. The Morgan fingerprint density at radius 1 is 1.17 bits per heavy atom. The molecule has 0 unspecified atom stereocenters. The minimum absolute atomic E-state index is 0.119. The first-order valence-electron chi connectivity index (χ1n) is 9.65. The van der Waals surface area contributed by atoms with Crippen LogP contribution in [-0.4, -0.2) is 40.2 Å². The predicted molar refractivity (Wildman–Crippen MR) is 103 cm³/mol. The topological polar surface area (TPSA) is 64.3 Å². The average molecular weight is 418 g/mol. The molecule has 3 aromatic rings. The highest BCUT2D eigenvalue weighted by atomic mass is 19.4. The van der Waals surface area contributed by atoms with Gasteiger partial charge in [-0.25, -0.2) is 0 Å². The van der Waals surface area contributed by atoms with E-state index in [0.29, 0.717) is 5.56 Å². The van der Waals surface area contributed by atoms with E-state index in [0.717, 1.165) is 43.9 Å². The number of benzene rings is 1. The van der Waals surface area contributed by atoms with Crippen LogP contribution in [0.3, 0.4) is 0 Å². The zero-order valence-corrected chi connectivity index (χ0v) is 16.4. The van der Waals surface area contributed by atoms with Gasteiger partial charge in [0.1, 0.15) is 5.75 Å². The third kappa shape index (κ3) is 4.62. The molecule has 0 bridgehead atoms. The molecule has 3 heterocycles. The molecule has 0 N–H and O–H groups in total. The number of nitrogens with zero attached hydrogens (tertiary/aromatic N) is 4. The third-order valence-electron chi connectivity index (χ3n) is 5.20. The molecule has 1 atom stereocenters. The summed E-state index contributed by atoms with van der Waals surface area (Å²) in [5, 5.41) is 3.40. The van der Waals surface area contributed by atoms with Crippen molar-refractivity contribution in [3.63, 3.8) is 0 Å². The zero-order valence-electron chi connectivity index (χ0n) is 16.4. The number of hydrogen-bond donors (Lipinski definition) is 0. The van der Waals surface area contributed by atoms with E-state index < -0.39 is 12.1 Å². The maximum absolute atomic E-state index is 12.6. The van der Waals surface area contributed by atoms with Gasteiger partial charge in [-0.2, -0.15) is 18.2 Å². The Kier molecular flexibility index (Phi) is 5.72. The molecule has 0 aliphatic carbocycles. The van der Waals surface area contributed by atoms with Crippen molar-refractivity contribution in [2.75, 3.05) is 20.2 Å². The number of methoxy groups -OCH3 is 1. The minimum atomic E-state index is -4.66. The van der Waals surface area contributed by atoms with Gasteiger partial charge in [0.25, 0.3) is 0 Å². The third-order valence-corrected chi connectivity index (χ3v) is 5.20. The number of likely N-dealkylation sites (tertiary alicyclic amines) is 1. The molecule has 9 heteroatoms. The van der Waals surface area contributed by atoms with Crippen LogP contribution in [0.15, 0.2) is 47.1 Å². The summed E-state index contributed by atoms with van der Waals surface area (Å²) >= 11 is 0. The van der Waals surface area contributed by atoms with Crippen LogP contribution in [0.4, 0.5) is 13.2 Å². The number of halogens is 3. The second-order valence-electron chi connectivity index (χ2n) is 7.31. The number of rotatable bonds is 5. The van der Waals surface area contributed by atoms with Gasteiger partial charge in [-0.15, -0.1) is 0 Å².